The van der Waals surface area contributed by atoms with Crippen molar-refractivity contribution < 1.29 is 24.3 Å². The maximum absolute atomic E-state index is 12.2. The second-order valence-corrected chi connectivity index (χ2v) is 4.68. The molecular weight excluding hydrogens is 286 g/mol. The number of carboxylic acids is 1. The van der Waals surface area contributed by atoms with Crippen LogP contribution in [-0.2, 0) is 9.63 Å². The topological polar surface area (TPSA) is 83.9 Å². The molecule has 22 heavy (non-hydrogen) atoms. The summed E-state index contributed by atoms with van der Waals surface area (Å²) in [6.07, 6.45) is -1.44. The number of amides is 2. The van der Waals surface area contributed by atoms with Crippen molar-refractivity contribution in [3.63, 3.8) is 0 Å². The third-order valence-electron chi connectivity index (χ3n) is 3.29. The molecule has 0 spiro atoms. The van der Waals surface area contributed by atoms with E-state index < -0.39 is 23.9 Å². The molecule has 1 atom stereocenters. The Kier molecular flexibility index (Phi) is 3.44. The molecule has 2 aromatic carbocycles. The molecule has 1 aliphatic heterocycles. The molecule has 110 valence electrons. The van der Waals surface area contributed by atoms with E-state index in [4.69, 9.17) is 4.84 Å². The number of carbonyl (C=O) groups is 3. The number of carboxylic acid groups (broad SMARTS) is 1. The lowest BCUT2D eigenvalue weighted by Gasteiger charge is -2.19. The molecule has 0 bridgehead atoms. The molecule has 6 nitrogen and oxygen atoms in total. The summed E-state index contributed by atoms with van der Waals surface area (Å²) in [6.45, 7) is 0. The zero-order valence-electron chi connectivity index (χ0n) is 11.3. The van der Waals surface area contributed by atoms with Gasteiger partial charge in [0, 0.05) is 0 Å². The van der Waals surface area contributed by atoms with Crippen LogP contribution in [0.15, 0.2) is 54.6 Å². The number of aliphatic carboxylic acids is 1. The summed E-state index contributed by atoms with van der Waals surface area (Å²) in [5.41, 5.74) is 0.737. The highest BCUT2D eigenvalue weighted by atomic mass is 16.7. The van der Waals surface area contributed by atoms with Crippen LogP contribution in [0.25, 0.3) is 0 Å². The number of nitrogens with zero attached hydrogens (tertiary/aromatic N) is 1. The first-order valence-corrected chi connectivity index (χ1v) is 6.52. The Balaban J connectivity index is 1.91. The number of hydroxylamine groups is 2. The van der Waals surface area contributed by atoms with Crippen LogP contribution >= 0.6 is 0 Å². The SMILES string of the molecule is O=C(O)[C@H](ON1C(=O)c2ccccc2C1=O)c1ccccc1. The van der Waals surface area contributed by atoms with Crippen molar-refractivity contribution in [1.29, 1.82) is 0 Å². The largest absolute Gasteiger partial charge is 0.479 e. The fraction of sp³-hybridized carbons (Fsp3) is 0.0625. The van der Waals surface area contributed by atoms with E-state index in [1.807, 2.05) is 0 Å². The number of carbonyl (C=O) groups excluding carboxylic acids is 2. The molecule has 2 aromatic rings. The first-order valence-electron chi connectivity index (χ1n) is 6.52. The number of imide groups is 1. The molecule has 3 rings (SSSR count). The molecule has 0 radical (unpaired) electrons. The second kappa shape index (κ2) is 5.42. The average Bonchev–Trinajstić information content (AvgIpc) is 2.78. The summed E-state index contributed by atoms with van der Waals surface area (Å²) in [5, 5.41) is 9.81. The molecule has 0 saturated heterocycles. The highest BCUT2D eigenvalue weighted by Crippen LogP contribution is 2.27. The maximum atomic E-state index is 12.2. The van der Waals surface area contributed by atoms with Crippen LogP contribution in [0.1, 0.15) is 32.4 Å². The van der Waals surface area contributed by atoms with E-state index in [1.165, 1.54) is 12.1 Å². The van der Waals surface area contributed by atoms with E-state index in [2.05, 4.69) is 0 Å². The summed E-state index contributed by atoms with van der Waals surface area (Å²) in [5.74, 6) is -2.62. The van der Waals surface area contributed by atoms with E-state index in [-0.39, 0.29) is 11.1 Å². The lowest BCUT2D eigenvalue weighted by Crippen LogP contribution is -2.34. The van der Waals surface area contributed by atoms with Crippen LogP contribution in [0.5, 0.6) is 0 Å². The van der Waals surface area contributed by atoms with E-state index in [1.54, 1.807) is 42.5 Å². The van der Waals surface area contributed by atoms with Crippen molar-refractivity contribution in [2.24, 2.45) is 0 Å². The predicted octanol–water partition coefficient (Wildman–Crippen LogP) is 2.04. The van der Waals surface area contributed by atoms with Gasteiger partial charge in [-0.05, 0) is 17.7 Å². The molecule has 0 unspecified atom stereocenters. The van der Waals surface area contributed by atoms with Gasteiger partial charge in [0.1, 0.15) is 0 Å². The fourth-order valence-corrected chi connectivity index (χ4v) is 2.24. The van der Waals surface area contributed by atoms with Gasteiger partial charge in [0.2, 0.25) is 6.10 Å². The van der Waals surface area contributed by atoms with Gasteiger partial charge in [-0.2, -0.15) is 0 Å². The quantitative estimate of drug-likeness (QED) is 0.873. The number of rotatable bonds is 4. The van der Waals surface area contributed by atoms with E-state index in [0.29, 0.717) is 10.6 Å². The van der Waals surface area contributed by atoms with Gasteiger partial charge in [-0.25, -0.2) is 9.63 Å². The maximum Gasteiger partial charge on any atom is 0.340 e. The Morgan fingerprint density at radius 1 is 0.909 bits per heavy atom. The van der Waals surface area contributed by atoms with Crippen LogP contribution in [0, 0.1) is 0 Å². The third-order valence-corrected chi connectivity index (χ3v) is 3.29. The first kappa shape index (κ1) is 14.0. The zero-order chi connectivity index (χ0) is 15.7. The third kappa shape index (κ3) is 2.25. The van der Waals surface area contributed by atoms with Crippen LogP contribution in [0.3, 0.4) is 0 Å². The summed E-state index contributed by atoms with van der Waals surface area (Å²) in [4.78, 5) is 41.0. The normalized spacial score (nSPS) is 14.8. The van der Waals surface area contributed by atoms with Gasteiger partial charge in [0.15, 0.2) is 0 Å². The minimum atomic E-state index is -1.44. The first-order chi connectivity index (χ1) is 10.6. The fourth-order valence-electron chi connectivity index (χ4n) is 2.24. The molecule has 1 N–H and O–H groups in total. The Morgan fingerprint density at radius 3 is 1.91 bits per heavy atom. The standard InChI is InChI=1S/C16H11NO5/c18-14-11-8-4-5-9-12(11)15(19)17(14)22-13(16(20)21)10-6-2-1-3-7-10/h1-9,13H,(H,20,21)/t13-/m1/s1. The van der Waals surface area contributed by atoms with Gasteiger partial charge in [-0.3, -0.25) is 9.59 Å². The molecule has 0 aliphatic carbocycles. The van der Waals surface area contributed by atoms with Crippen LogP contribution in [0.2, 0.25) is 0 Å². The van der Waals surface area contributed by atoms with Crippen molar-refractivity contribution in [2.75, 3.05) is 0 Å². The average molecular weight is 297 g/mol. The molecule has 1 heterocycles. The number of hydrogen-bond donors (Lipinski definition) is 1. The molecule has 0 aromatic heterocycles. The number of hydrogen-bond acceptors (Lipinski definition) is 4. The molecule has 6 heteroatoms. The molecule has 0 saturated carbocycles. The molecular formula is C16H11NO5. The Hall–Kier alpha value is -2.99. The van der Waals surface area contributed by atoms with Crippen LogP contribution < -0.4 is 0 Å². The number of benzene rings is 2. The summed E-state index contributed by atoms with van der Waals surface area (Å²) >= 11 is 0. The van der Waals surface area contributed by atoms with Crippen molar-refractivity contribution in [3.05, 3.63) is 71.3 Å². The highest BCUT2D eigenvalue weighted by molar-refractivity contribution is 6.20. The molecule has 1 aliphatic rings. The van der Waals surface area contributed by atoms with E-state index in [0.717, 1.165) is 0 Å². The van der Waals surface area contributed by atoms with Crippen molar-refractivity contribution in [3.8, 4) is 0 Å². The lowest BCUT2D eigenvalue weighted by atomic mass is 10.1. The van der Waals surface area contributed by atoms with Crippen LogP contribution in [-0.4, -0.2) is 28.0 Å². The van der Waals surface area contributed by atoms with Gasteiger partial charge in [0.25, 0.3) is 11.8 Å². The predicted molar refractivity (Wildman–Crippen MR) is 74.8 cm³/mol. The molecule has 0 fully saturated rings. The Labute approximate surface area is 125 Å². The smallest absolute Gasteiger partial charge is 0.340 e. The van der Waals surface area contributed by atoms with E-state index >= 15 is 0 Å². The van der Waals surface area contributed by atoms with Crippen molar-refractivity contribution >= 4 is 17.8 Å². The Morgan fingerprint density at radius 2 is 1.41 bits per heavy atom. The zero-order valence-corrected chi connectivity index (χ0v) is 11.3. The van der Waals surface area contributed by atoms with Crippen LogP contribution in [0.4, 0.5) is 0 Å². The van der Waals surface area contributed by atoms with Gasteiger partial charge in [0.05, 0.1) is 11.1 Å². The Bertz CT molecular complexity index is 721. The van der Waals surface area contributed by atoms with Crippen molar-refractivity contribution in [1.82, 2.24) is 5.06 Å². The van der Waals surface area contributed by atoms with Crippen molar-refractivity contribution in [2.45, 2.75) is 6.10 Å². The summed E-state index contributed by atoms with van der Waals surface area (Å²) in [6, 6.07) is 14.4. The van der Waals surface area contributed by atoms with E-state index in [9.17, 15) is 19.5 Å². The summed E-state index contributed by atoms with van der Waals surface area (Å²) in [7, 11) is 0. The second-order valence-electron chi connectivity index (χ2n) is 4.68. The highest BCUT2D eigenvalue weighted by Gasteiger charge is 2.39. The van der Waals surface area contributed by atoms with Gasteiger partial charge in [-0.1, -0.05) is 42.5 Å². The lowest BCUT2D eigenvalue weighted by molar-refractivity contribution is -0.176. The van der Waals surface area contributed by atoms with Gasteiger partial charge >= 0.3 is 5.97 Å². The molecule has 2 amide bonds. The summed E-state index contributed by atoms with van der Waals surface area (Å²) < 4.78 is 0. The van der Waals surface area contributed by atoms with Gasteiger partial charge < -0.3 is 5.11 Å². The van der Waals surface area contributed by atoms with Gasteiger partial charge in [-0.15, -0.1) is 5.06 Å². The number of fused-ring (bicyclic) bond motifs is 1. The monoisotopic (exact) mass is 297 g/mol. The minimum absolute atomic E-state index is 0.199. The minimum Gasteiger partial charge on any atom is -0.479 e.